The number of nitrogens with zero attached hydrogens (tertiary/aromatic N) is 1. The van der Waals surface area contributed by atoms with Crippen LogP contribution in [0.15, 0.2) is 53.3 Å². The highest BCUT2D eigenvalue weighted by Gasteiger charge is 2.12. The lowest BCUT2D eigenvalue weighted by molar-refractivity contribution is 0.0696. The minimum absolute atomic E-state index is 0.169. The third kappa shape index (κ3) is 3.77. The number of aryl methyl sites for hydroxylation is 1. The summed E-state index contributed by atoms with van der Waals surface area (Å²) in [5.41, 5.74) is 3.74. The predicted molar refractivity (Wildman–Crippen MR) is 108 cm³/mol. The quantitative estimate of drug-likeness (QED) is 0.703. The molecular formula is C22H22N2O3. The Morgan fingerprint density at radius 3 is 2.56 bits per heavy atom. The molecule has 0 saturated heterocycles. The number of nitrogens with one attached hydrogen (secondary N) is 1. The smallest absolute Gasteiger partial charge is 0.336 e. The standard InChI is InChI=1S/C22H22N2O3/c1-14(2)17-8-6-9-18(13-17)24-21(25)19(15(3)23-24)12-11-16-7-4-5-10-20(16)22(26)27/h4-14,23H,1-3H3,(H,26,27)/b12-11+. The molecule has 0 atom stereocenters. The van der Waals surface area contributed by atoms with Crippen LogP contribution in [0.2, 0.25) is 0 Å². The number of aromatic nitrogens is 2. The monoisotopic (exact) mass is 362 g/mol. The largest absolute Gasteiger partial charge is 0.478 e. The van der Waals surface area contributed by atoms with Crippen LogP contribution < -0.4 is 5.56 Å². The van der Waals surface area contributed by atoms with E-state index in [4.69, 9.17) is 0 Å². The Hall–Kier alpha value is -3.34. The number of aromatic carboxylic acids is 1. The summed E-state index contributed by atoms with van der Waals surface area (Å²) in [7, 11) is 0. The molecule has 0 radical (unpaired) electrons. The highest BCUT2D eigenvalue weighted by atomic mass is 16.4. The first-order chi connectivity index (χ1) is 12.9. The van der Waals surface area contributed by atoms with Gasteiger partial charge in [-0.15, -0.1) is 0 Å². The summed E-state index contributed by atoms with van der Waals surface area (Å²) in [6, 6.07) is 14.6. The van der Waals surface area contributed by atoms with Crippen LogP contribution in [0.3, 0.4) is 0 Å². The van der Waals surface area contributed by atoms with E-state index in [9.17, 15) is 14.7 Å². The second kappa shape index (κ2) is 7.50. The average Bonchev–Trinajstić information content (AvgIpc) is 2.94. The molecule has 0 unspecified atom stereocenters. The van der Waals surface area contributed by atoms with Crippen molar-refractivity contribution in [3.05, 3.63) is 86.8 Å². The average molecular weight is 362 g/mol. The molecule has 2 N–H and O–H groups in total. The molecule has 0 fully saturated rings. The SMILES string of the molecule is Cc1[nH]n(-c2cccc(C(C)C)c2)c(=O)c1/C=C/c1ccccc1C(=O)O. The Morgan fingerprint density at radius 2 is 1.85 bits per heavy atom. The number of carboxylic acids is 1. The van der Waals surface area contributed by atoms with E-state index in [1.165, 1.54) is 4.68 Å². The number of aromatic amines is 1. The molecule has 138 valence electrons. The lowest BCUT2D eigenvalue weighted by Gasteiger charge is -2.08. The molecule has 5 heteroatoms. The third-order valence-corrected chi connectivity index (χ3v) is 4.53. The second-order valence-corrected chi connectivity index (χ2v) is 6.77. The number of hydrogen-bond donors (Lipinski definition) is 2. The van der Waals surface area contributed by atoms with Crippen molar-refractivity contribution in [3.63, 3.8) is 0 Å². The lowest BCUT2D eigenvalue weighted by atomic mass is 10.0. The van der Waals surface area contributed by atoms with Gasteiger partial charge in [0.15, 0.2) is 0 Å². The van der Waals surface area contributed by atoms with Crippen LogP contribution in [0, 0.1) is 6.92 Å². The first-order valence-electron chi connectivity index (χ1n) is 8.81. The van der Waals surface area contributed by atoms with Gasteiger partial charge in [0.05, 0.1) is 16.8 Å². The topological polar surface area (TPSA) is 75.1 Å². The molecule has 0 aliphatic carbocycles. The summed E-state index contributed by atoms with van der Waals surface area (Å²) in [6.07, 6.45) is 3.33. The predicted octanol–water partition coefficient (Wildman–Crippen LogP) is 4.47. The zero-order chi connectivity index (χ0) is 19.6. The Balaban J connectivity index is 2.02. The summed E-state index contributed by atoms with van der Waals surface area (Å²) in [5, 5.41) is 12.4. The zero-order valence-electron chi connectivity index (χ0n) is 15.6. The van der Waals surface area contributed by atoms with E-state index in [-0.39, 0.29) is 11.1 Å². The molecule has 0 bridgehead atoms. The molecule has 0 aliphatic heterocycles. The van der Waals surface area contributed by atoms with Crippen LogP contribution in [0.4, 0.5) is 0 Å². The van der Waals surface area contributed by atoms with E-state index in [2.05, 4.69) is 18.9 Å². The van der Waals surface area contributed by atoms with Gasteiger partial charge in [-0.1, -0.05) is 50.3 Å². The van der Waals surface area contributed by atoms with Gasteiger partial charge in [-0.2, -0.15) is 0 Å². The van der Waals surface area contributed by atoms with E-state index < -0.39 is 5.97 Å². The van der Waals surface area contributed by atoms with Crippen LogP contribution in [-0.4, -0.2) is 20.9 Å². The highest BCUT2D eigenvalue weighted by molar-refractivity contribution is 5.93. The Kier molecular flexibility index (Phi) is 5.12. The van der Waals surface area contributed by atoms with Crippen LogP contribution in [0.5, 0.6) is 0 Å². The fourth-order valence-electron chi connectivity index (χ4n) is 2.97. The van der Waals surface area contributed by atoms with E-state index in [1.807, 2.05) is 31.2 Å². The molecule has 0 saturated carbocycles. The molecule has 0 spiro atoms. The van der Waals surface area contributed by atoms with Gasteiger partial charge in [-0.3, -0.25) is 9.89 Å². The molecular weight excluding hydrogens is 340 g/mol. The highest BCUT2D eigenvalue weighted by Crippen LogP contribution is 2.18. The van der Waals surface area contributed by atoms with Gasteiger partial charge < -0.3 is 5.11 Å². The maximum atomic E-state index is 12.9. The van der Waals surface area contributed by atoms with Gasteiger partial charge in [-0.25, -0.2) is 9.48 Å². The molecule has 5 nitrogen and oxygen atoms in total. The first-order valence-corrected chi connectivity index (χ1v) is 8.81. The van der Waals surface area contributed by atoms with Gasteiger partial charge in [0.25, 0.3) is 5.56 Å². The van der Waals surface area contributed by atoms with Crippen LogP contribution in [0.1, 0.15) is 52.5 Å². The van der Waals surface area contributed by atoms with Gasteiger partial charge in [0, 0.05) is 5.69 Å². The summed E-state index contributed by atoms with van der Waals surface area (Å²) in [6.45, 7) is 6.04. The molecule has 1 aromatic heterocycles. The zero-order valence-corrected chi connectivity index (χ0v) is 15.6. The van der Waals surface area contributed by atoms with Crippen molar-refractivity contribution in [2.75, 3.05) is 0 Å². The minimum Gasteiger partial charge on any atom is -0.478 e. The number of carboxylic acid groups (broad SMARTS) is 1. The Morgan fingerprint density at radius 1 is 1.11 bits per heavy atom. The fraction of sp³-hybridized carbons (Fsp3) is 0.182. The Bertz CT molecular complexity index is 1070. The number of benzene rings is 2. The molecule has 1 heterocycles. The van der Waals surface area contributed by atoms with Crippen LogP contribution in [0.25, 0.3) is 17.8 Å². The maximum Gasteiger partial charge on any atom is 0.336 e. The summed E-state index contributed by atoms with van der Waals surface area (Å²) in [4.78, 5) is 24.2. The van der Waals surface area contributed by atoms with Gasteiger partial charge in [0.1, 0.15) is 0 Å². The van der Waals surface area contributed by atoms with E-state index in [0.29, 0.717) is 17.0 Å². The maximum absolute atomic E-state index is 12.9. The number of rotatable bonds is 5. The molecule has 3 aromatic rings. The van der Waals surface area contributed by atoms with E-state index in [0.717, 1.165) is 16.9 Å². The van der Waals surface area contributed by atoms with Crippen molar-refractivity contribution in [3.8, 4) is 5.69 Å². The van der Waals surface area contributed by atoms with Gasteiger partial charge in [-0.05, 0) is 48.2 Å². The fourth-order valence-corrected chi connectivity index (χ4v) is 2.97. The van der Waals surface area contributed by atoms with Crippen molar-refractivity contribution < 1.29 is 9.90 Å². The minimum atomic E-state index is -0.996. The summed E-state index contributed by atoms with van der Waals surface area (Å²) in [5.74, 6) is -0.632. The van der Waals surface area contributed by atoms with Crippen LogP contribution in [-0.2, 0) is 0 Å². The van der Waals surface area contributed by atoms with Crippen molar-refractivity contribution in [2.45, 2.75) is 26.7 Å². The number of H-pyrrole nitrogens is 1. The van der Waals surface area contributed by atoms with Crippen molar-refractivity contribution in [1.29, 1.82) is 0 Å². The first kappa shape index (κ1) is 18.5. The summed E-state index contributed by atoms with van der Waals surface area (Å²) < 4.78 is 1.52. The van der Waals surface area contributed by atoms with Crippen molar-refractivity contribution in [2.24, 2.45) is 0 Å². The molecule has 3 rings (SSSR count). The molecule has 27 heavy (non-hydrogen) atoms. The van der Waals surface area contributed by atoms with E-state index in [1.54, 1.807) is 36.4 Å². The van der Waals surface area contributed by atoms with E-state index >= 15 is 0 Å². The van der Waals surface area contributed by atoms with Crippen molar-refractivity contribution >= 4 is 18.1 Å². The van der Waals surface area contributed by atoms with Crippen LogP contribution >= 0.6 is 0 Å². The normalized spacial score (nSPS) is 11.4. The third-order valence-electron chi connectivity index (χ3n) is 4.53. The van der Waals surface area contributed by atoms with Gasteiger partial charge in [0.2, 0.25) is 0 Å². The number of hydrogen-bond acceptors (Lipinski definition) is 2. The van der Waals surface area contributed by atoms with Crippen molar-refractivity contribution in [1.82, 2.24) is 9.78 Å². The van der Waals surface area contributed by atoms with Gasteiger partial charge >= 0.3 is 5.97 Å². The molecule has 2 aromatic carbocycles. The second-order valence-electron chi connectivity index (χ2n) is 6.77. The summed E-state index contributed by atoms with van der Waals surface area (Å²) >= 11 is 0. The Labute approximate surface area is 157 Å². The lowest BCUT2D eigenvalue weighted by Crippen LogP contribution is -2.16. The molecule has 0 amide bonds. The number of carbonyl (C=O) groups is 1. The molecule has 0 aliphatic rings.